The lowest BCUT2D eigenvalue weighted by Crippen LogP contribution is -2.51. The molecule has 31 heavy (non-hydrogen) atoms. The summed E-state index contributed by atoms with van der Waals surface area (Å²) in [6, 6.07) is 16.1. The van der Waals surface area contributed by atoms with Gasteiger partial charge < -0.3 is 15.1 Å². The summed E-state index contributed by atoms with van der Waals surface area (Å²) in [5.74, 6) is -0.559. The molecule has 1 saturated heterocycles. The van der Waals surface area contributed by atoms with Gasteiger partial charge in [-0.3, -0.25) is 9.59 Å². The second-order valence-corrected chi connectivity index (χ2v) is 9.20. The van der Waals surface area contributed by atoms with Crippen LogP contribution in [0.2, 0.25) is 5.02 Å². The predicted molar refractivity (Wildman–Crippen MR) is 120 cm³/mol. The SMILES string of the molecule is O=C(CCNS(=O)(=O)c1ccccc1Cl)NCC(=O)N1CCN(c2ccccc2)CC1. The average Bonchev–Trinajstić information content (AvgIpc) is 2.78. The van der Waals surface area contributed by atoms with Crippen LogP contribution >= 0.6 is 11.6 Å². The molecule has 0 radical (unpaired) electrons. The van der Waals surface area contributed by atoms with E-state index in [1.54, 1.807) is 17.0 Å². The molecule has 2 N–H and O–H groups in total. The molecule has 0 aromatic heterocycles. The second-order valence-electron chi connectivity index (χ2n) is 7.06. The lowest BCUT2D eigenvalue weighted by molar-refractivity contribution is -0.133. The van der Waals surface area contributed by atoms with Crippen LogP contribution in [0.25, 0.3) is 0 Å². The zero-order valence-electron chi connectivity index (χ0n) is 17.0. The van der Waals surface area contributed by atoms with Crippen molar-refractivity contribution < 1.29 is 18.0 Å². The molecule has 8 nitrogen and oxygen atoms in total. The summed E-state index contributed by atoms with van der Waals surface area (Å²) in [5.41, 5.74) is 1.13. The minimum atomic E-state index is -3.80. The van der Waals surface area contributed by atoms with E-state index in [1.165, 1.54) is 12.1 Å². The molecular weight excluding hydrogens is 440 g/mol. The Morgan fingerprint density at radius 3 is 2.26 bits per heavy atom. The maximum absolute atomic E-state index is 12.4. The zero-order valence-corrected chi connectivity index (χ0v) is 18.5. The van der Waals surface area contributed by atoms with E-state index < -0.39 is 15.9 Å². The number of amides is 2. The molecule has 0 atom stereocenters. The summed E-state index contributed by atoms with van der Waals surface area (Å²) in [7, 11) is -3.80. The second kappa shape index (κ2) is 10.6. The molecule has 1 aliphatic heterocycles. The number of carbonyl (C=O) groups is 2. The Balaban J connectivity index is 1.37. The van der Waals surface area contributed by atoms with E-state index in [0.717, 1.165) is 18.8 Å². The normalized spacial score (nSPS) is 14.4. The number of halogens is 1. The smallest absolute Gasteiger partial charge is 0.242 e. The van der Waals surface area contributed by atoms with Crippen molar-refractivity contribution >= 4 is 39.1 Å². The monoisotopic (exact) mass is 464 g/mol. The van der Waals surface area contributed by atoms with Crippen LogP contribution in [0.1, 0.15) is 6.42 Å². The minimum Gasteiger partial charge on any atom is -0.368 e. The fraction of sp³-hybridized carbons (Fsp3) is 0.333. The molecular formula is C21H25ClN4O4S. The number of nitrogens with zero attached hydrogens (tertiary/aromatic N) is 2. The van der Waals surface area contributed by atoms with E-state index in [4.69, 9.17) is 11.6 Å². The molecule has 0 saturated carbocycles. The Morgan fingerprint density at radius 2 is 1.58 bits per heavy atom. The van der Waals surface area contributed by atoms with Crippen LogP contribution in [0.3, 0.4) is 0 Å². The van der Waals surface area contributed by atoms with Gasteiger partial charge in [-0.1, -0.05) is 41.9 Å². The number of benzene rings is 2. The van der Waals surface area contributed by atoms with Gasteiger partial charge in [0.1, 0.15) is 4.90 Å². The minimum absolute atomic E-state index is 0.0399. The standard InChI is InChI=1S/C21H25ClN4O4S/c22-18-8-4-5-9-19(18)31(29,30)24-11-10-20(27)23-16-21(28)26-14-12-25(13-15-26)17-6-2-1-3-7-17/h1-9,24H,10-16H2,(H,23,27). The van der Waals surface area contributed by atoms with E-state index in [-0.39, 0.29) is 35.3 Å². The molecule has 1 aliphatic rings. The van der Waals surface area contributed by atoms with Crippen molar-refractivity contribution in [2.45, 2.75) is 11.3 Å². The molecule has 1 heterocycles. The summed E-state index contributed by atoms with van der Waals surface area (Å²) < 4.78 is 26.8. The number of para-hydroxylation sites is 1. The van der Waals surface area contributed by atoms with Gasteiger partial charge >= 0.3 is 0 Å². The first-order chi connectivity index (χ1) is 14.9. The van der Waals surface area contributed by atoms with Crippen molar-refractivity contribution in [3.05, 3.63) is 59.6 Å². The summed E-state index contributed by atoms with van der Waals surface area (Å²) >= 11 is 5.91. The van der Waals surface area contributed by atoms with Crippen LogP contribution in [0.5, 0.6) is 0 Å². The molecule has 0 aliphatic carbocycles. The lowest BCUT2D eigenvalue weighted by atomic mass is 10.2. The van der Waals surface area contributed by atoms with Gasteiger partial charge in [0.15, 0.2) is 0 Å². The van der Waals surface area contributed by atoms with Crippen LogP contribution in [0.15, 0.2) is 59.5 Å². The molecule has 166 valence electrons. The summed E-state index contributed by atoms with van der Waals surface area (Å²) in [6.07, 6.45) is -0.0846. The number of rotatable bonds is 8. The van der Waals surface area contributed by atoms with E-state index >= 15 is 0 Å². The van der Waals surface area contributed by atoms with Gasteiger partial charge in [0.25, 0.3) is 0 Å². The molecule has 1 fully saturated rings. The number of anilines is 1. The summed E-state index contributed by atoms with van der Waals surface area (Å²) in [6.45, 7) is 2.42. The van der Waals surface area contributed by atoms with Crippen molar-refractivity contribution in [2.24, 2.45) is 0 Å². The van der Waals surface area contributed by atoms with E-state index in [0.29, 0.717) is 13.1 Å². The third kappa shape index (κ3) is 6.43. The van der Waals surface area contributed by atoms with Crippen LogP contribution in [0, 0.1) is 0 Å². The van der Waals surface area contributed by atoms with Gasteiger partial charge in [-0.15, -0.1) is 0 Å². The van der Waals surface area contributed by atoms with E-state index in [1.807, 2.05) is 30.3 Å². The third-order valence-electron chi connectivity index (χ3n) is 4.96. The molecule has 2 aromatic carbocycles. The third-order valence-corrected chi connectivity index (χ3v) is 6.92. The number of sulfonamides is 1. The van der Waals surface area contributed by atoms with Crippen molar-refractivity contribution in [3.8, 4) is 0 Å². The Kier molecular flexibility index (Phi) is 7.89. The highest BCUT2D eigenvalue weighted by molar-refractivity contribution is 7.89. The van der Waals surface area contributed by atoms with Gasteiger partial charge in [-0.25, -0.2) is 13.1 Å². The fourth-order valence-electron chi connectivity index (χ4n) is 3.27. The van der Waals surface area contributed by atoms with Crippen LogP contribution in [-0.2, 0) is 19.6 Å². The van der Waals surface area contributed by atoms with Gasteiger partial charge in [-0.2, -0.15) is 0 Å². The van der Waals surface area contributed by atoms with Crippen LogP contribution < -0.4 is 14.9 Å². The highest BCUT2D eigenvalue weighted by Gasteiger charge is 2.22. The first-order valence-corrected chi connectivity index (χ1v) is 11.8. The molecule has 2 amide bonds. The maximum atomic E-state index is 12.4. The molecule has 3 rings (SSSR count). The molecule has 0 unspecified atom stereocenters. The van der Waals surface area contributed by atoms with Gasteiger partial charge in [0.2, 0.25) is 21.8 Å². The van der Waals surface area contributed by atoms with Crippen molar-refractivity contribution in [2.75, 3.05) is 44.2 Å². The largest absolute Gasteiger partial charge is 0.368 e. The molecule has 2 aromatic rings. The Hall–Kier alpha value is -2.62. The topological polar surface area (TPSA) is 98.8 Å². The van der Waals surface area contributed by atoms with Crippen molar-refractivity contribution in [1.29, 1.82) is 0 Å². The number of piperazine rings is 1. The van der Waals surface area contributed by atoms with Crippen molar-refractivity contribution in [3.63, 3.8) is 0 Å². The highest BCUT2D eigenvalue weighted by atomic mass is 35.5. The van der Waals surface area contributed by atoms with Gasteiger partial charge in [0, 0.05) is 44.8 Å². The number of hydrogen-bond donors (Lipinski definition) is 2. The number of carbonyl (C=O) groups excluding carboxylic acids is 2. The Labute approximate surface area is 187 Å². The van der Waals surface area contributed by atoms with Crippen LogP contribution in [-0.4, -0.2) is 64.4 Å². The maximum Gasteiger partial charge on any atom is 0.242 e. The first-order valence-electron chi connectivity index (χ1n) is 9.95. The van der Waals surface area contributed by atoms with E-state index in [2.05, 4.69) is 14.9 Å². The number of hydrogen-bond acceptors (Lipinski definition) is 5. The number of nitrogens with one attached hydrogen (secondary N) is 2. The molecule has 10 heteroatoms. The van der Waals surface area contributed by atoms with Gasteiger partial charge in [-0.05, 0) is 24.3 Å². The fourth-order valence-corrected chi connectivity index (χ4v) is 4.82. The Bertz CT molecular complexity index is 1010. The quantitative estimate of drug-likeness (QED) is 0.616. The average molecular weight is 465 g/mol. The summed E-state index contributed by atoms with van der Waals surface area (Å²) in [4.78, 5) is 28.3. The highest BCUT2D eigenvalue weighted by Crippen LogP contribution is 2.20. The predicted octanol–water partition coefficient (Wildman–Crippen LogP) is 1.47. The Morgan fingerprint density at radius 1 is 0.935 bits per heavy atom. The zero-order chi connectivity index (χ0) is 22.3. The lowest BCUT2D eigenvalue weighted by Gasteiger charge is -2.36. The van der Waals surface area contributed by atoms with Gasteiger partial charge in [0.05, 0.1) is 11.6 Å². The van der Waals surface area contributed by atoms with Crippen molar-refractivity contribution in [1.82, 2.24) is 14.9 Å². The van der Waals surface area contributed by atoms with E-state index in [9.17, 15) is 18.0 Å². The first kappa shape index (κ1) is 23.1. The molecule has 0 bridgehead atoms. The molecule has 0 spiro atoms. The summed E-state index contributed by atoms with van der Waals surface area (Å²) in [5, 5.41) is 2.66. The van der Waals surface area contributed by atoms with Crippen LogP contribution in [0.4, 0.5) is 5.69 Å².